The molecular formula is C10H12FN3O2S. The molecule has 0 spiro atoms. The second-order valence-electron chi connectivity index (χ2n) is 3.05. The van der Waals surface area contributed by atoms with Crippen LogP contribution in [0.4, 0.5) is 9.18 Å². The van der Waals surface area contributed by atoms with Crippen LogP contribution in [0.3, 0.4) is 0 Å². The minimum atomic E-state index is -0.643. The van der Waals surface area contributed by atoms with Crippen molar-refractivity contribution in [1.29, 1.82) is 0 Å². The predicted octanol–water partition coefficient (Wildman–Crippen LogP) is 1.06. The van der Waals surface area contributed by atoms with Gasteiger partial charge in [-0.3, -0.25) is 5.43 Å². The van der Waals surface area contributed by atoms with Crippen LogP contribution in [0.1, 0.15) is 5.56 Å². The van der Waals surface area contributed by atoms with E-state index in [4.69, 9.17) is 12.2 Å². The Morgan fingerprint density at radius 3 is 2.59 bits per heavy atom. The molecular weight excluding hydrogens is 245 g/mol. The van der Waals surface area contributed by atoms with E-state index in [2.05, 4.69) is 20.9 Å². The summed E-state index contributed by atoms with van der Waals surface area (Å²) < 4.78 is 16.9. The normalized spacial score (nSPS) is 9.29. The molecule has 17 heavy (non-hydrogen) atoms. The maximum atomic E-state index is 12.6. The Morgan fingerprint density at radius 2 is 2.00 bits per heavy atom. The summed E-state index contributed by atoms with van der Waals surface area (Å²) in [6, 6.07) is 6.00. The summed E-state index contributed by atoms with van der Waals surface area (Å²) in [7, 11) is 1.24. The molecule has 0 aliphatic rings. The van der Waals surface area contributed by atoms with Gasteiger partial charge < -0.3 is 10.1 Å². The topological polar surface area (TPSA) is 62.4 Å². The number of ether oxygens (including phenoxy) is 1. The van der Waals surface area contributed by atoms with Crippen LogP contribution >= 0.6 is 12.2 Å². The second-order valence-corrected chi connectivity index (χ2v) is 3.46. The first kappa shape index (κ1) is 13.2. The smallest absolute Gasteiger partial charge is 0.425 e. The van der Waals surface area contributed by atoms with Crippen molar-refractivity contribution in [3.63, 3.8) is 0 Å². The SMILES string of the molecule is COC(=O)NNC(=S)NCc1ccc(F)cc1. The molecule has 3 N–H and O–H groups in total. The molecule has 0 aliphatic carbocycles. The highest BCUT2D eigenvalue weighted by Gasteiger charge is 1.99. The Balaban J connectivity index is 2.28. The highest BCUT2D eigenvalue weighted by molar-refractivity contribution is 7.80. The highest BCUT2D eigenvalue weighted by atomic mass is 32.1. The van der Waals surface area contributed by atoms with Gasteiger partial charge in [0.15, 0.2) is 5.11 Å². The molecule has 0 fully saturated rings. The zero-order valence-electron chi connectivity index (χ0n) is 9.12. The number of hydrogen-bond donors (Lipinski definition) is 3. The summed E-state index contributed by atoms with van der Waals surface area (Å²) in [6.07, 6.45) is -0.643. The van der Waals surface area contributed by atoms with Crippen molar-refractivity contribution >= 4 is 23.4 Å². The van der Waals surface area contributed by atoms with Crippen LogP contribution in [0.25, 0.3) is 0 Å². The van der Waals surface area contributed by atoms with Gasteiger partial charge in [-0.2, -0.15) is 0 Å². The summed E-state index contributed by atoms with van der Waals surface area (Å²) in [5.74, 6) is -0.290. The molecule has 0 heterocycles. The number of halogens is 1. The third-order valence-corrected chi connectivity index (χ3v) is 2.08. The van der Waals surface area contributed by atoms with Gasteiger partial charge in [-0.1, -0.05) is 12.1 Å². The number of amides is 1. The molecule has 1 aromatic carbocycles. The van der Waals surface area contributed by atoms with Crippen LogP contribution < -0.4 is 16.2 Å². The fourth-order valence-corrected chi connectivity index (χ4v) is 1.11. The Labute approximate surface area is 103 Å². The molecule has 0 atom stereocenters. The first-order valence-electron chi connectivity index (χ1n) is 4.74. The van der Waals surface area contributed by atoms with Crippen molar-refractivity contribution in [3.05, 3.63) is 35.6 Å². The van der Waals surface area contributed by atoms with Crippen molar-refractivity contribution in [1.82, 2.24) is 16.2 Å². The Hall–Kier alpha value is -1.89. The van der Waals surface area contributed by atoms with Gasteiger partial charge in [0, 0.05) is 6.54 Å². The molecule has 0 bridgehead atoms. The zero-order chi connectivity index (χ0) is 12.7. The minimum absolute atomic E-state index is 0.236. The molecule has 7 heteroatoms. The Bertz CT molecular complexity index is 397. The van der Waals surface area contributed by atoms with E-state index in [0.29, 0.717) is 6.54 Å². The Kier molecular flexibility index (Phi) is 5.15. The third kappa shape index (κ3) is 5.12. The van der Waals surface area contributed by atoms with Crippen LogP contribution in [0.2, 0.25) is 0 Å². The van der Waals surface area contributed by atoms with Crippen molar-refractivity contribution in [2.45, 2.75) is 6.54 Å². The number of carbonyl (C=O) groups is 1. The third-order valence-electron chi connectivity index (χ3n) is 1.83. The van der Waals surface area contributed by atoms with E-state index < -0.39 is 6.09 Å². The summed E-state index contributed by atoms with van der Waals surface area (Å²) in [6.45, 7) is 0.426. The lowest BCUT2D eigenvalue weighted by atomic mass is 10.2. The lowest BCUT2D eigenvalue weighted by Crippen LogP contribution is -2.46. The number of hydrazine groups is 1. The molecule has 1 amide bonds. The lowest BCUT2D eigenvalue weighted by Gasteiger charge is -2.10. The quantitative estimate of drug-likeness (QED) is 0.546. The monoisotopic (exact) mass is 257 g/mol. The fraction of sp³-hybridized carbons (Fsp3) is 0.200. The van der Waals surface area contributed by atoms with Crippen LogP contribution in [0, 0.1) is 5.82 Å². The number of nitrogens with one attached hydrogen (secondary N) is 3. The number of hydrogen-bond acceptors (Lipinski definition) is 3. The van der Waals surface area contributed by atoms with E-state index in [-0.39, 0.29) is 10.9 Å². The van der Waals surface area contributed by atoms with Gasteiger partial charge in [0.25, 0.3) is 0 Å². The standard InChI is InChI=1S/C10H12FN3O2S/c1-16-10(15)14-13-9(17)12-6-7-2-4-8(11)5-3-7/h2-5H,6H2,1H3,(H,14,15)(H2,12,13,17). The highest BCUT2D eigenvalue weighted by Crippen LogP contribution is 2.01. The van der Waals surface area contributed by atoms with Crippen molar-refractivity contribution in [3.8, 4) is 0 Å². The van der Waals surface area contributed by atoms with Crippen molar-refractivity contribution in [2.24, 2.45) is 0 Å². The zero-order valence-corrected chi connectivity index (χ0v) is 9.94. The lowest BCUT2D eigenvalue weighted by molar-refractivity contribution is 0.168. The predicted molar refractivity (Wildman–Crippen MR) is 64.5 cm³/mol. The van der Waals surface area contributed by atoms with Crippen LogP contribution in [-0.4, -0.2) is 18.3 Å². The number of rotatable bonds is 2. The van der Waals surface area contributed by atoms with Crippen molar-refractivity contribution < 1.29 is 13.9 Å². The van der Waals surface area contributed by atoms with Crippen LogP contribution in [0.5, 0.6) is 0 Å². The van der Waals surface area contributed by atoms with Crippen molar-refractivity contribution in [2.75, 3.05) is 7.11 Å². The Morgan fingerprint density at radius 1 is 1.35 bits per heavy atom. The van der Waals surface area contributed by atoms with E-state index in [1.165, 1.54) is 19.2 Å². The van der Waals surface area contributed by atoms with E-state index in [1.54, 1.807) is 12.1 Å². The average Bonchev–Trinajstić information content (AvgIpc) is 2.35. The molecule has 1 rings (SSSR count). The van der Waals surface area contributed by atoms with Gasteiger partial charge in [-0.05, 0) is 29.9 Å². The van der Waals surface area contributed by atoms with Gasteiger partial charge in [-0.25, -0.2) is 14.6 Å². The van der Waals surface area contributed by atoms with Crippen LogP contribution in [0.15, 0.2) is 24.3 Å². The number of benzene rings is 1. The first-order chi connectivity index (χ1) is 8.11. The molecule has 92 valence electrons. The van der Waals surface area contributed by atoms with E-state index in [1.807, 2.05) is 0 Å². The number of methoxy groups -OCH3 is 1. The molecule has 1 aromatic rings. The largest absolute Gasteiger partial charge is 0.452 e. The average molecular weight is 257 g/mol. The summed E-state index contributed by atoms with van der Waals surface area (Å²) in [5, 5.41) is 3.06. The minimum Gasteiger partial charge on any atom is -0.452 e. The van der Waals surface area contributed by atoms with Crippen LogP contribution in [-0.2, 0) is 11.3 Å². The van der Waals surface area contributed by atoms with Gasteiger partial charge in [0.05, 0.1) is 7.11 Å². The van der Waals surface area contributed by atoms with Gasteiger partial charge in [0.2, 0.25) is 0 Å². The number of carbonyl (C=O) groups excluding carboxylic acids is 1. The first-order valence-corrected chi connectivity index (χ1v) is 5.15. The molecule has 0 saturated heterocycles. The maximum absolute atomic E-state index is 12.6. The summed E-state index contributed by atoms with van der Waals surface area (Å²) >= 11 is 4.88. The molecule has 0 saturated carbocycles. The van der Waals surface area contributed by atoms with Gasteiger partial charge in [-0.15, -0.1) is 0 Å². The molecule has 5 nitrogen and oxygen atoms in total. The molecule has 0 unspecified atom stereocenters. The molecule has 0 aromatic heterocycles. The summed E-state index contributed by atoms with van der Waals surface area (Å²) in [4.78, 5) is 10.7. The maximum Gasteiger partial charge on any atom is 0.425 e. The molecule has 0 radical (unpaired) electrons. The van der Waals surface area contributed by atoms with E-state index >= 15 is 0 Å². The fourth-order valence-electron chi connectivity index (χ4n) is 0.988. The second kappa shape index (κ2) is 6.64. The van der Waals surface area contributed by atoms with Gasteiger partial charge >= 0.3 is 6.09 Å². The van der Waals surface area contributed by atoms with Gasteiger partial charge in [0.1, 0.15) is 5.82 Å². The summed E-state index contributed by atoms with van der Waals surface area (Å²) in [5.41, 5.74) is 5.51. The van der Waals surface area contributed by atoms with E-state index in [0.717, 1.165) is 5.56 Å². The molecule has 0 aliphatic heterocycles. The number of thiocarbonyl (C=S) groups is 1. The van der Waals surface area contributed by atoms with E-state index in [9.17, 15) is 9.18 Å².